The maximum atomic E-state index is 5.50. The molecule has 5 heteroatoms. The van der Waals surface area contributed by atoms with Gasteiger partial charge in [0.25, 0.3) is 0 Å². The van der Waals surface area contributed by atoms with Gasteiger partial charge in [0.05, 0.1) is 10.2 Å². The minimum absolute atomic E-state index is 0.652. The van der Waals surface area contributed by atoms with Gasteiger partial charge in [0.1, 0.15) is 11.6 Å². The normalized spacial score (nSPS) is 10.3. The van der Waals surface area contributed by atoms with Crippen LogP contribution in [0.5, 0.6) is 5.75 Å². The summed E-state index contributed by atoms with van der Waals surface area (Å²) in [7, 11) is 0. The second-order valence-electron chi connectivity index (χ2n) is 3.88. The van der Waals surface area contributed by atoms with E-state index in [2.05, 4.69) is 37.9 Å². The Hall–Kier alpha value is -1.37. The first-order valence-electron chi connectivity index (χ1n) is 6.24. The second-order valence-corrected chi connectivity index (χ2v) is 5.04. The lowest BCUT2D eigenvalue weighted by atomic mass is 10.2. The van der Waals surface area contributed by atoms with Crippen LogP contribution in [0.15, 0.2) is 30.5 Å². The Labute approximate surface area is 126 Å². The molecule has 0 radical (unpaired) electrons. The summed E-state index contributed by atoms with van der Waals surface area (Å²) >= 11 is 2.23. The molecule has 0 bridgehead atoms. The van der Waals surface area contributed by atoms with E-state index in [-0.39, 0.29) is 0 Å². The zero-order valence-corrected chi connectivity index (χ0v) is 13.1. The van der Waals surface area contributed by atoms with E-state index in [4.69, 9.17) is 4.74 Å². The monoisotopic (exact) mass is 369 g/mol. The van der Waals surface area contributed by atoms with Gasteiger partial charge in [-0.15, -0.1) is 0 Å². The Morgan fingerprint density at radius 3 is 2.89 bits per heavy atom. The maximum Gasteiger partial charge on any atom is 0.161 e. The lowest BCUT2D eigenvalue weighted by Crippen LogP contribution is -2.03. The molecule has 0 spiro atoms. The first-order valence-corrected chi connectivity index (χ1v) is 7.32. The summed E-state index contributed by atoms with van der Waals surface area (Å²) in [6.45, 7) is 5.51. The maximum absolute atomic E-state index is 5.50. The molecule has 0 saturated carbocycles. The SMILES string of the molecule is CCNc1nc(-c2cccc(OCC)c2)ncc1I. The lowest BCUT2D eigenvalue weighted by Gasteiger charge is -2.08. The Bertz CT molecular complexity index is 560. The molecule has 100 valence electrons. The molecule has 1 aromatic heterocycles. The molecular formula is C14H16IN3O. The van der Waals surface area contributed by atoms with Crippen molar-refractivity contribution in [2.45, 2.75) is 13.8 Å². The lowest BCUT2D eigenvalue weighted by molar-refractivity contribution is 0.340. The molecule has 1 N–H and O–H groups in total. The van der Waals surface area contributed by atoms with Crippen LogP contribution in [0.25, 0.3) is 11.4 Å². The van der Waals surface area contributed by atoms with Crippen LogP contribution in [0.2, 0.25) is 0 Å². The topological polar surface area (TPSA) is 47.0 Å². The molecule has 0 aliphatic rings. The molecule has 0 amide bonds. The van der Waals surface area contributed by atoms with Gasteiger partial charge in [-0.3, -0.25) is 0 Å². The Morgan fingerprint density at radius 1 is 1.32 bits per heavy atom. The number of ether oxygens (including phenoxy) is 1. The highest BCUT2D eigenvalue weighted by molar-refractivity contribution is 14.1. The van der Waals surface area contributed by atoms with Crippen LogP contribution >= 0.6 is 22.6 Å². The Balaban J connectivity index is 2.35. The third-order valence-corrected chi connectivity index (χ3v) is 3.28. The minimum atomic E-state index is 0.652. The summed E-state index contributed by atoms with van der Waals surface area (Å²) in [6.07, 6.45) is 1.83. The molecule has 0 saturated heterocycles. The predicted molar refractivity (Wildman–Crippen MR) is 85.5 cm³/mol. The number of rotatable bonds is 5. The van der Waals surface area contributed by atoms with Crippen LogP contribution in [0, 0.1) is 3.57 Å². The molecule has 0 aliphatic carbocycles. The fourth-order valence-corrected chi connectivity index (χ4v) is 2.14. The first kappa shape index (κ1) is 14.0. The molecule has 0 fully saturated rings. The summed E-state index contributed by atoms with van der Waals surface area (Å²) in [5, 5.41) is 3.24. The number of nitrogens with zero attached hydrogens (tertiary/aromatic N) is 2. The number of aromatic nitrogens is 2. The minimum Gasteiger partial charge on any atom is -0.494 e. The fourth-order valence-electron chi connectivity index (χ4n) is 1.69. The highest BCUT2D eigenvalue weighted by Gasteiger charge is 2.07. The molecule has 0 unspecified atom stereocenters. The van der Waals surface area contributed by atoms with Crippen LogP contribution in [0.3, 0.4) is 0 Å². The predicted octanol–water partition coefficient (Wildman–Crippen LogP) is 3.58. The van der Waals surface area contributed by atoms with Gasteiger partial charge in [-0.1, -0.05) is 12.1 Å². The largest absolute Gasteiger partial charge is 0.494 e. The van der Waals surface area contributed by atoms with Crippen molar-refractivity contribution in [2.75, 3.05) is 18.5 Å². The summed E-state index contributed by atoms with van der Waals surface area (Å²) in [6, 6.07) is 7.83. The highest BCUT2D eigenvalue weighted by Crippen LogP contribution is 2.23. The molecule has 4 nitrogen and oxygen atoms in total. The van der Waals surface area contributed by atoms with E-state index in [0.29, 0.717) is 12.4 Å². The van der Waals surface area contributed by atoms with E-state index >= 15 is 0 Å². The zero-order chi connectivity index (χ0) is 13.7. The average Bonchev–Trinajstić information content (AvgIpc) is 2.42. The van der Waals surface area contributed by atoms with Gasteiger partial charge in [-0.05, 0) is 48.6 Å². The summed E-state index contributed by atoms with van der Waals surface area (Å²) in [5.41, 5.74) is 0.960. The van der Waals surface area contributed by atoms with Gasteiger partial charge in [-0.2, -0.15) is 0 Å². The van der Waals surface area contributed by atoms with Crippen molar-refractivity contribution in [1.82, 2.24) is 9.97 Å². The van der Waals surface area contributed by atoms with Crippen molar-refractivity contribution < 1.29 is 4.74 Å². The number of anilines is 1. The number of nitrogens with one attached hydrogen (secondary N) is 1. The van der Waals surface area contributed by atoms with E-state index in [1.807, 2.05) is 44.3 Å². The molecule has 19 heavy (non-hydrogen) atoms. The van der Waals surface area contributed by atoms with Gasteiger partial charge < -0.3 is 10.1 Å². The third-order valence-electron chi connectivity index (χ3n) is 2.49. The smallest absolute Gasteiger partial charge is 0.161 e. The summed E-state index contributed by atoms with van der Waals surface area (Å²) in [4.78, 5) is 8.93. The second kappa shape index (κ2) is 6.70. The number of hydrogen-bond donors (Lipinski definition) is 1. The van der Waals surface area contributed by atoms with Crippen molar-refractivity contribution in [1.29, 1.82) is 0 Å². The average molecular weight is 369 g/mol. The van der Waals surface area contributed by atoms with Gasteiger partial charge >= 0.3 is 0 Å². The van der Waals surface area contributed by atoms with Crippen LogP contribution in [-0.2, 0) is 0 Å². The van der Waals surface area contributed by atoms with E-state index in [9.17, 15) is 0 Å². The molecule has 2 aromatic rings. The summed E-state index contributed by atoms with van der Waals surface area (Å²) < 4.78 is 6.51. The van der Waals surface area contributed by atoms with Crippen LogP contribution in [0.1, 0.15) is 13.8 Å². The molecule has 1 heterocycles. The molecule has 1 aromatic carbocycles. The molecule has 0 aliphatic heterocycles. The van der Waals surface area contributed by atoms with Crippen molar-refractivity contribution in [2.24, 2.45) is 0 Å². The van der Waals surface area contributed by atoms with Gasteiger partial charge in [0, 0.05) is 18.3 Å². The zero-order valence-electron chi connectivity index (χ0n) is 11.0. The van der Waals surface area contributed by atoms with Crippen LogP contribution < -0.4 is 10.1 Å². The van der Waals surface area contributed by atoms with Crippen LogP contribution in [-0.4, -0.2) is 23.1 Å². The molecular weight excluding hydrogens is 353 g/mol. The quantitative estimate of drug-likeness (QED) is 0.819. The fraction of sp³-hybridized carbons (Fsp3) is 0.286. The van der Waals surface area contributed by atoms with Gasteiger partial charge in [0.2, 0.25) is 0 Å². The van der Waals surface area contributed by atoms with Crippen molar-refractivity contribution in [3.63, 3.8) is 0 Å². The summed E-state index contributed by atoms with van der Waals surface area (Å²) in [5.74, 6) is 2.42. The van der Waals surface area contributed by atoms with Crippen molar-refractivity contribution >= 4 is 28.4 Å². The standard InChI is InChI=1S/C14H16IN3O/c1-3-16-14-12(15)9-17-13(18-14)10-6-5-7-11(8-10)19-4-2/h5-9H,3-4H2,1-2H3,(H,16,17,18). The Kier molecular flexibility index (Phi) is 4.95. The highest BCUT2D eigenvalue weighted by atomic mass is 127. The van der Waals surface area contributed by atoms with Crippen molar-refractivity contribution in [3.05, 3.63) is 34.0 Å². The van der Waals surface area contributed by atoms with Gasteiger partial charge in [0.15, 0.2) is 5.82 Å². The van der Waals surface area contributed by atoms with Crippen LogP contribution in [0.4, 0.5) is 5.82 Å². The Morgan fingerprint density at radius 2 is 2.16 bits per heavy atom. The van der Waals surface area contributed by atoms with E-state index in [1.54, 1.807) is 0 Å². The van der Waals surface area contributed by atoms with Crippen molar-refractivity contribution in [3.8, 4) is 17.1 Å². The number of hydrogen-bond acceptors (Lipinski definition) is 4. The van der Waals surface area contributed by atoms with E-state index in [0.717, 1.165) is 27.2 Å². The third kappa shape index (κ3) is 3.56. The molecule has 2 rings (SSSR count). The van der Waals surface area contributed by atoms with E-state index < -0.39 is 0 Å². The first-order chi connectivity index (χ1) is 9.24. The number of halogens is 1. The van der Waals surface area contributed by atoms with E-state index in [1.165, 1.54) is 0 Å². The molecule has 0 atom stereocenters. The number of benzene rings is 1. The van der Waals surface area contributed by atoms with Gasteiger partial charge in [-0.25, -0.2) is 9.97 Å².